The molecule has 30 heavy (non-hydrogen) atoms. The first-order chi connectivity index (χ1) is 14.5. The van der Waals surface area contributed by atoms with Crippen LogP contribution >= 0.6 is 0 Å². The van der Waals surface area contributed by atoms with Gasteiger partial charge in [-0.05, 0) is 36.8 Å². The van der Waals surface area contributed by atoms with E-state index in [0.29, 0.717) is 12.1 Å². The second-order valence-corrected chi connectivity index (χ2v) is 7.37. The zero-order chi connectivity index (χ0) is 21.3. The smallest absolute Gasteiger partial charge is 0.310 e. The predicted molar refractivity (Wildman–Crippen MR) is 117 cm³/mol. The van der Waals surface area contributed by atoms with Crippen molar-refractivity contribution >= 4 is 33.5 Å². The molecule has 0 atom stereocenters. The lowest BCUT2D eigenvalue weighted by molar-refractivity contribution is -0.141. The number of aromatic nitrogens is 1. The molecular formula is C25H23NO4. The fourth-order valence-corrected chi connectivity index (χ4v) is 3.93. The number of aryl methyl sites for hydroxylation is 1. The minimum atomic E-state index is -0.459. The molecule has 4 rings (SSSR count). The lowest BCUT2D eigenvalue weighted by Gasteiger charge is -2.07. The molecule has 4 aromatic rings. The fraction of sp³-hybridized carbons (Fsp3) is 0.200. The van der Waals surface area contributed by atoms with Gasteiger partial charge in [-0.25, -0.2) is 0 Å². The maximum atomic E-state index is 12.6. The van der Waals surface area contributed by atoms with E-state index in [1.54, 1.807) is 12.3 Å². The van der Waals surface area contributed by atoms with Gasteiger partial charge in [0, 0.05) is 34.4 Å². The first-order valence-corrected chi connectivity index (χ1v) is 9.84. The number of allylic oxidation sites excluding steroid dienone is 1. The molecule has 5 nitrogen and oxygen atoms in total. The molecule has 0 saturated heterocycles. The van der Waals surface area contributed by atoms with Crippen molar-refractivity contribution in [3.63, 3.8) is 0 Å². The molecule has 0 fully saturated rings. The summed E-state index contributed by atoms with van der Waals surface area (Å²) in [5.74, 6) is -0.673. The minimum absolute atomic E-state index is 0.0454. The van der Waals surface area contributed by atoms with Crippen LogP contribution < -0.4 is 0 Å². The summed E-state index contributed by atoms with van der Waals surface area (Å²) in [4.78, 5) is 25.0. The first-order valence-electron chi connectivity index (χ1n) is 9.84. The fourth-order valence-electron chi connectivity index (χ4n) is 3.93. The van der Waals surface area contributed by atoms with Crippen LogP contribution in [0.25, 0.3) is 21.7 Å². The van der Waals surface area contributed by atoms with Gasteiger partial charge in [-0.2, -0.15) is 0 Å². The van der Waals surface area contributed by atoms with Gasteiger partial charge in [0.2, 0.25) is 5.78 Å². The highest BCUT2D eigenvalue weighted by atomic mass is 16.5. The number of esters is 1. The minimum Gasteiger partial charge on any atom is -0.464 e. The van der Waals surface area contributed by atoms with Crippen LogP contribution in [0, 0.1) is 13.8 Å². The van der Waals surface area contributed by atoms with Gasteiger partial charge in [0.05, 0.1) is 12.7 Å². The Hall–Kier alpha value is -3.60. The number of carbonyl (C=O) groups is 2. The third-order valence-electron chi connectivity index (χ3n) is 5.42. The van der Waals surface area contributed by atoms with Gasteiger partial charge in [0.1, 0.15) is 5.58 Å². The van der Waals surface area contributed by atoms with Crippen molar-refractivity contribution in [2.75, 3.05) is 6.61 Å². The number of hydrogen-bond donors (Lipinski definition) is 0. The molecule has 5 heteroatoms. The highest BCUT2D eigenvalue weighted by Crippen LogP contribution is 2.30. The van der Waals surface area contributed by atoms with Crippen molar-refractivity contribution in [1.29, 1.82) is 0 Å². The van der Waals surface area contributed by atoms with E-state index < -0.39 is 5.97 Å². The number of rotatable bonds is 7. The molecule has 152 valence electrons. The molecule has 2 aromatic heterocycles. The molecule has 0 unspecified atom stereocenters. The zero-order valence-electron chi connectivity index (χ0n) is 17.1. The number of benzene rings is 2. The molecule has 0 bridgehead atoms. The van der Waals surface area contributed by atoms with Crippen LogP contribution in [0.2, 0.25) is 0 Å². The molecule has 0 saturated carbocycles. The molecule has 2 heterocycles. The second kappa shape index (κ2) is 8.03. The van der Waals surface area contributed by atoms with Crippen LogP contribution in [0.5, 0.6) is 0 Å². The van der Waals surface area contributed by atoms with Gasteiger partial charge < -0.3 is 13.7 Å². The van der Waals surface area contributed by atoms with E-state index in [2.05, 4.69) is 6.58 Å². The molecule has 0 aliphatic carbocycles. The number of hydrogen-bond acceptors (Lipinski definition) is 4. The summed E-state index contributed by atoms with van der Waals surface area (Å²) in [5.41, 5.74) is 3.87. The summed E-state index contributed by atoms with van der Waals surface area (Å²) in [6, 6.07) is 13.7. The van der Waals surface area contributed by atoms with E-state index in [0.717, 1.165) is 38.7 Å². The van der Waals surface area contributed by atoms with Crippen LogP contribution in [0.4, 0.5) is 0 Å². The molecule has 0 amide bonds. The largest absolute Gasteiger partial charge is 0.464 e. The average molecular weight is 401 g/mol. The van der Waals surface area contributed by atoms with Gasteiger partial charge in [0.25, 0.3) is 0 Å². The molecule has 0 N–H and O–H groups in total. The Balaban J connectivity index is 1.48. The summed E-state index contributed by atoms with van der Waals surface area (Å²) < 4.78 is 12.9. The summed E-state index contributed by atoms with van der Waals surface area (Å²) >= 11 is 0. The monoisotopic (exact) mass is 401 g/mol. The number of ether oxygens (including phenoxy) is 1. The van der Waals surface area contributed by atoms with Crippen molar-refractivity contribution in [2.24, 2.45) is 0 Å². The van der Waals surface area contributed by atoms with Crippen molar-refractivity contribution in [3.8, 4) is 0 Å². The summed E-state index contributed by atoms with van der Waals surface area (Å²) in [6.45, 7) is 7.91. The topological polar surface area (TPSA) is 61.4 Å². The number of Topliss-reactive ketones (excluding diaryl/α,β-unsaturated/α-hetero) is 1. The van der Waals surface area contributed by atoms with Crippen LogP contribution in [0.15, 0.2) is 65.8 Å². The van der Waals surface area contributed by atoms with Crippen LogP contribution in [0.3, 0.4) is 0 Å². The van der Waals surface area contributed by atoms with E-state index in [4.69, 9.17) is 9.15 Å². The highest BCUT2D eigenvalue weighted by Gasteiger charge is 2.18. The van der Waals surface area contributed by atoms with Crippen molar-refractivity contribution < 1.29 is 18.7 Å². The lowest BCUT2D eigenvalue weighted by atomic mass is 10.0. The molecular weight excluding hydrogens is 378 g/mol. The van der Waals surface area contributed by atoms with Crippen molar-refractivity contribution in [3.05, 3.63) is 83.9 Å². The van der Waals surface area contributed by atoms with E-state index >= 15 is 0 Å². The standard InChI is InChI=1S/C25H23NO4/c1-4-11-26-16(2)12-21(17(26)3)22(27)15-30-24(28)13-19-14-29-23-10-9-18-7-5-6-8-20(18)25(19)23/h4-10,12,14H,1,11,13,15H2,2-3H3. The third kappa shape index (κ3) is 3.54. The summed E-state index contributed by atoms with van der Waals surface area (Å²) in [5, 5.41) is 3.01. The number of nitrogens with zero attached hydrogens (tertiary/aromatic N) is 1. The predicted octanol–water partition coefficient (Wildman–Crippen LogP) is 5.16. The average Bonchev–Trinajstić information content (AvgIpc) is 3.28. The Morgan fingerprint density at radius 3 is 2.77 bits per heavy atom. The van der Waals surface area contributed by atoms with E-state index in [-0.39, 0.29) is 18.8 Å². The second-order valence-electron chi connectivity index (χ2n) is 7.37. The zero-order valence-corrected chi connectivity index (χ0v) is 17.1. The lowest BCUT2D eigenvalue weighted by Crippen LogP contribution is -2.16. The van der Waals surface area contributed by atoms with Gasteiger partial charge in [-0.3, -0.25) is 9.59 Å². The highest BCUT2D eigenvalue weighted by molar-refractivity contribution is 6.08. The number of furan rings is 1. The van der Waals surface area contributed by atoms with Gasteiger partial charge in [-0.15, -0.1) is 6.58 Å². The van der Waals surface area contributed by atoms with Gasteiger partial charge >= 0.3 is 5.97 Å². The quantitative estimate of drug-likeness (QED) is 0.244. The maximum Gasteiger partial charge on any atom is 0.310 e. The van der Waals surface area contributed by atoms with Crippen LogP contribution in [-0.2, 0) is 22.5 Å². The van der Waals surface area contributed by atoms with E-state index in [1.165, 1.54) is 0 Å². The van der Waals surface area contributed by atoms with Crippen LogP contribution in [0.1, 0.15) is 27.3 Å². The first kappa shape index (κ1) is 19.7. The van der Waals surface area contributed by atoms with E-state index in [9.17, 15) is 9.59 Å². The third-order valence-corrected chi connectivity index (χ3v) is 5.42. The molecule has 0 aliphatic heterocycles. The van der Waals surface area contributed by atoms with Gasteiger partial charge in [0.15, 0.2) is 6.61 Å². The Labute approximate surface area is 174 Å². The van der Waals surface area contributed by atoms with E-state index in [1.807, 2.05) is 60.9 Å². The number of ketones is 1. The Bertz CT molecular complexity index is 1280. The Morgan fingerprint density at radius 1 is 1.17 bits per heavy atom. The van der Waals surface area contributed by atoms with Crippen molar-refractivity contribution in [2.45, 2.75) is 26.8 Å². The molecule has 0 spiro atoms. The molecule has 0 radical (unpaired) electrons. The SMILES string of the molecule is C=CCn1c(C)cc(C(=O)COC(=O)Cc2coc3ccc4ccccc4c23)c1C. The van der Waals surface area contributed by atoms with Gasteiger partial charge in [-0.1, -0.05) is 36.4 Å². The van der Waals surface area contributed by atoms with Crippen LogP contribution in [-0.4, -0.2) is 22.9 Å². The summed E-state index contributed by atoms with van der Waals surface area (Å²) in [7, 11) is 0. The molecule has 2 aromatic carbocycles. The Morgan fingerprint density at radius 2 is 1.97 bits per heavy atom. The number of carbonyl (C=O) groups excluding carboxylic acids is 2. The molecule has 0 aliphatic rings. The Kier molecular flexibility index (Phi) is 5.27. The normalized spacial score (nSPS) is 11.1. The summed E-state index contributed by atoms with van der Waals surface area (Å²) in [6.07, 6.45) is 3.42. The maximum absolute atomic E-state index is 12.6. The number of fused-ring (bicyclic) bond motifs is 3. The van der Waals surface area contributed by atoms with Crippen molar-refractivity contribution in [1.82, 2.24) is 4.57 Å².